The van der Waals surface area contributed by atoms with Crippen molar-refractivity contribution in [3.05, 3.63) is 54.1 Å². The number of methoxy groups -OCH3 is 1. The van der Waals surface area contributed by atoms with Crippen LogP contribution in [0, 0.1) is 11.3 Å². The number of anilines is 2. The Labute approximate surface area is 158 Å². The molecular weight excluding hydrogens is 344 g/mol. The highest BCUT2D eigenvalue weighted by molar-refractivity contribution is 5.96. The summed E-state index contributed by atoms with van der Waals surface area (Å²) < 4.78 is 5.08. The van der Waals surface area contributed by atoms with Gasteiger partial charge in [-0.3, -0.25) is 14.5 Å². The van der Waals surface area contributed by atoms with Crippen LogP contribution in [0.25, 0.3) is 0 Å². The van der Waals surface area contributed by atoms with Crippen LogP contribution in [0.1, 0.15) is 12.5 Å². The molecule has 0 saturated carbocycles. The van der Waals surface area contributed by atoms with Crippen LogP contribution in [0.4, 0.5) is 11.4 Å². The molecular formula is C20H22N4O3. The van der Waals surface area contributed by atoms with Gasteiger partial charge < -0.3 is 15.4 Å². The summed E-state index contributed by atoms with van der Waals surface area (Å²) in [5, 5.41) is 14.4. The van der Waals surface area contributed by atoms with E-state index < -0.39 is 6.04 Å². The summed E-state index contributed by atoms with van der Waals surface area (Å²) in [6, 6.07) is 15.1. The van der Waals surface area contributed by atoms with Gasteiger partial charge in [0.25, 0.3) is 0 Å². The normalized spacial score (nSPS) is 11.4. The lowest BCUT2D eigenvalue weighted by Gasteiger charge is -2.23. The lowest BCUT2D eigenvalue weighted by atomic mass is 10.2. The van der Waals surface area contributed by atoms with E-state index >= 15 is 0 Å². The van der Waals surface area contributed by atoms with E-state index in [-0.39, 0.29) is 18.4 Å². The average molecular weight is 366 g/mol. The molecule has 7 heteroatoms. The first-order chi connectivity index (χ1) is 12.9. The van der Waals surface area contributed by atoms with Gasteiger partial charge in [-0.05, 0) is 62.5 Å². The van der Waals surface area contributed by atoms with Gasteiger partial charge in [0.2, 0.25) is 11.8 Å². The Morgan fingerprint density at radius 2 is 1.63 bits per heavy atom. The maximum atomic E-state index is 12.4. The monoisotopic (exact) mass is 366 g/mol. The molecule has 0 aliphatic heterocycles. The second kappa shape index (κ2) is 9.36. The van der Waals surface area contributed by atoms with Crippen molar-refractivity contribution in [2.24, 2.45) is 0 Å². The molecule has 0 heterocycles. The molecule has 0 unspecified atom stereocenters. The van der Waals surface area contributed by atoms with E-state index in [4.69, 9.17) is 10.00 Å². The number of carbonyl (C=O) groups excluding carboxylic acids is 2. The number of nitrogens with zero attached hydrogens (tertiary/aromatic N) is 2. The van der Waals surface area contributed by atoms with Crippen LogP contribution in [0.3, 0.4) is 0 Å². The van der Waals surface area contributed by atoms with Gasteiger partial charge in [0.05, 0.1) is 31.3 Å². The number of nitrogens with one attached hydrogen (secondary N) is 2. The van der Waals surface area contributed by atoms with Crippen molar-refractivity contribution in [1.82, 2.24) is 4.90 Å². The van der Waals surface area contributed by atoms with Gasteiger partial charge in [-0.25, -0.2) is 0 Å². The molecule has 2 rings (SSSR count). The van der Waals surface area contributed by atoms with E-state index in [0.717, 1.165) is 0 Å². The van der Waals surface area contributed by atoms with E-state index in [0.29, 0.717) is 22.7 Å². The lowest BCUT2D eigenvalue weighted by Crippen LogP contribution is -2.43. The van der Waals surface area contributed by atoms with Gasteiger partial charge in [0.1, 0.15) is 5.75 Å². The van der Waals surface area contributed by atoms with E-state index in [1.165, 1.54) is 0 Å². The largest absolute Gasteiger partial charge is 0.497 e. The first-order valence-electron chi connectivity index (χ1n) is 8.38. The topological polar surface area (TPSA) is 94.5 Å². The van der Waals surface area contributed by atoms with Crippen LogP contribution < -0.4 is 15.4 Å². The Morgan fingerprint density at radius 1 is 1.07 bits per heavy atom. The molecule has 0 saturated heterocycles. The van der Waals surface area contributed by atoms with Crippen LogP contribution >= 0.6 is 0 Å². The maximum absolute atomic E-state index is 12.4. The number of benzene rings is 2. The van der Waals surface area contributed by atoms with Gasteiger partial charge >= 0.3 is 0 Å². The summed E-state index contributed by atoms with van der Waals surface area (Å²) in [5.74, 6) is 0.248. The van der Waals surface area contributed by atoms with Crippen LogP contribution in [0.5, 0.6) is 5.75 Å². The van der Waals surface area contributed by atoms with Gasteiger partial charge in [0, 0.05) is 11.4 Å². The fourth-order valence-electron chi connectivity index (χ4n) is 2.31. The van der Waals surface area contributed by atoms with Crippen molar-refractivity contribution < 1.29 is 14.3 Å². The molecule has 2 amide bonds. The minimum atomic E-state index is -0.512. The molecule has 0 aromatic heterocycles. The summed E-state index contributed by atoms with van der Waals surface area (Å²) in [7, 11) is 3.28. The molecule has 0 fully saturated rings. The Hall–Kier alpha value is -3.37. The number of carbonyl (C=O) groups is 2. The van der Waals surface area contributed by atoms with E-state index in [2.05, 4.69) is 10.6 Å². The van der Waals surface area contributed by atoms with E-state index in [1.807, 2.05) is 6.07 Å². The SMILES string of the molecule is COc1ccc(NC(=O)CN(C)[C@H](C)C(=O)Nc2ccc(C#N)cc2)cc1. The summed E-state index contributed by atoms with van der Waals surface area (Å²) in [4.78, 5) is 26.2. The third kappa shape index (κ3) is 5.83. The predicted octanol–water partition coefficient (Wildman–Crippen LogP) is 2.46. The van der Waals surface area contributed by atoms with Crippen LogP contribution in [0.2, 0.25) is 0 Å². The highest BCUT2D eigenvalue weighted by Crippen LogP contribution is 2.15. The molecule has 0 radical (unpaired) electrons. The first kappa shape index (κ1) is 19.9. The van der Waals surface area contributed by atoms with Gasteiger partial charge in [-0.1, -0.05) is 0 Å². The second-order valence-corrected chi connectivity index (χ2v) is 6.05. The quantitative estimate of drug-likeness (QED) is 0.785. The molecule has 0 aliphatic carbocycles. The molecule has 1 atom stereocenters. The summed E-state index contributed by atoms with van der Waals surface area (Å²) in [6.07, 6.45) is 0. The van der Waals surface area contributed by atoms with Gasteiger partial charge in [-0.15, -0.1) is 0 Å². The number of rotatable bonds is 7. The number of amides is 2. The van der Waals surface area contributed by atoms with Crippen molar-refractivity contribution in [1.29, 1.82) is 5.26 Å². The number of hydrogen-bond acceptors (Lipinski definition) is 5. The van der Waals surface area contributed by atoms with Gasteiger partial charge in [0.15, 0.2) is 0 Å². The highest BCUT2D eigenvalue weighted by Gasteiger charge is 2.20. The summed E-state index contributed by atoms with van der Waals surface area (Å²) in [6.45, 7) is 1.79. The van der Waals surface area contributed by atoms with Crippen molar-refractivity contribution in [2.45, 2.75) is 13.0 Å². The first-order valence-corrected chi connectivity index (χ1v) is 8.38. The predicted molar refractivity (Wildman–Crippen MR) is 104 cm³/mol. The zero-order valence-electron chi connectivity index (χ0n) is 15.5. The van der Waals surface area contributed by atoms with Crippen molar-refractivity contribution in [3.8, 4) is 11.8 Å². The second-order valence-electron chi connectivity index (χ2n) is 6.05. The maximum Gasteiger partial charge on any atom is 0.241 e. The smallest absolute Gasteiger partial charge is 0.241 e. The molecule has 2 N–H and O–H groups in total. The molecule has 0 aliphatic rings. The molecule has 7 nitrogen and oxygen atoms in total. The third-order valence-electron chi connectivity index (χ3n) is 4.09. The number of hydrogen-bond donors (Lipinski definition) is 2. The van der Waals surface area contributed by atoms with Crippen molar-refractivity contribution in [3.63, 3.8) is 0 Å². The van der Waals surface area contributed by atoms with Crippen LogP contribution in [-0.2, 0) is 9.59 Å². The molecule has 0 spiro atoms. The Morgan fingerprint density at radius 3 is 2.19 bits per heavy atom. The average Bonchev–Trinajstić information content (AvgIpc) is 2.68. The Bertz CT molecular complexity index is 826. The summed E-state index contributed by atoms with van der Waals surface area (Å²) in [5.41, 5.74) is 1.78. The fourth-order valence-corrected chi connectivity index (χ4v) is 2.31. The Balaban J connectivity index is 1.87. The zero-order chi connectivity index (χ0) is 19.8. The number of ether oxygens (including phenoxy) is 1. The van der Waals surface area contributed by atoms with Gasteiger partial charge in [-0.2, -0.15) is 5.26 Å². The minimum absolute atomic E-state index is 0.0635. The fraction of sp³-hybridized carbons (Fsp3) is 0.250. The molecule has 27 heavy (non-hydrogen) atoms. The zero-order valence-corrected chi connectivity index (χ0v) is 15.5. The van der Waals surface area contributed by atoms with Crippen molar-refractivity contribution in [2.75, 3.05) is 31.3 Å². The van der Waals surface area contributed by atoms with E-state index in [9.17, 15) is 9.59 Å². The van der Waals surface area contributed by atoms with Crippen molar-refractivity contribution >= 4 is 23.2 Å². The molecule has 140 valence electrons. The number of likely N-dealkylation sites (N-methyl/N-ethyl adjacent to an activating group) is 1. The van der Waals surface area contributed by atoms with Crippen LogP contribution in [-0.4, -0.2) is 43.5 Å². The molecule has 2 aromatic rings. The lowest BCUT2D eigenvalue weighted by molar-refractivity contribution is -0.122. The third-order valence-corrected chi connectivity index (χ3v) is 4.09. The number of nitriles is 1. The molecule has 2 aromatic carbocycles. The summed E-state index contributed by atoms with van der Waals surface area (Å²) >= 11 is 0. The standard InChI is InChI=1S/C20H22N4O3/c1-14(20(26)23-17-6-4-15(12-21)5-7-17)24(2)13-19(25)22-16-8-10-18(27-3)11-9-16/h4-11,14H,13H2,1-3H3,(H,22,25)(H,23,26)/t14-/m1/s1. The molecule has 0 bridgehead atoms. The van der Waals surface area contributed by atoms with Crippen LogP contribution in [0.15, 0.2) is 48.5 Å². The highest BCUT2D eigenvalue weighted by atomic mass is 16.5. The minimum Gasteiger partial charge on any atom is -0.497 e. The van der Waals surface area contributed by atoms with E-state index in [1.54, 1.807) is 74.5 Å². The Kier molecular flexibility index (Phi) is 6.92.